The molecule has 0 spiro atoms. The fourth-order valence-electron chi connectivity index (χ4n) is 3.43. The third-order valence-corrected chi connectivity index (χ3v) is 4.66. The second-order valence-electron chi connectivity index (χ2n) is 7.39. The van der Waals surface area contributed by atoms with Crippen LogP contribution in [0.15, 0.2) is 47.3 Å². The van der Waals surface area contributed by atoms with Crippen LogP contribution < -0.4 is 10.9 Å². The van der Waals surface area contributed by atoms with E-state index in [9.17, 15) is 14.7 Å². The molecule has 3 N–H and O–H groups in total. The summed E-state index contributed by atoms with van der Waals surface area (Å²) in [4.78, 5) is 24.3. The molecule has 1 aromatic heterocycles. The molecule has 0 bridgehead atoms. The van der Waals surface area contributed by atoms with Crippen LogP contribution in [-0.4, -0.2) is 20.9 Å². The Bertz CT molecular complexity index is 1080. The number of hydrogen-bond donors (Lipinski definition) is 3. The summed E-state index contributed by atoms with van der Waals surface area (Å²) in [6.07, 6.45) is -1.16. The molecular formula is C22H24N2O4. The van der Waals surface area contributed by atoms with Crippen LogP contribution in [0.2, 0.25) is 0 Å². The van der Waals surface area contributed by atoms with Crippen LogP contribution >= 0.6 is 0 Å². The van der Waals surface area contributed by atoms with Crippen molar-refractivity contribution in [3.63, 3.8) is 0 Å². The first-order valence-corrected chi connectivity index (χ1v) is 9.20. The fraction of sp³-hybridized carbons (Fsp3) is 0.273. The predicted molar refractivity (Wildman–Crippen MR) is 110 cm³/mol. The van der Waals surface area contributed by atoms with Crippen LogP contribution in [0.1, 0.15) is 25.1 Å². The highest BCUT2D eigenvalue weighted by molar-refractivity contribution is 5.98. The van der Waals surface area contributed by atoms with E-state index in [1.54, 1.807) is 16.7 Å². The number of nitrogens with zero attached hydrogens (tertiary/aromatic N) is 1. The maximum absolute atomic E-state index is 13.2. The van der Waals surface area contributed by atoms with Gasteiger partial charge in [-0.15, -0.1) is 0 Å². The summed E-state index contributed by atoms with van der Waals surface area (Å²) >= 11 is 0. The second-order valence-corrected chi connectivity index (χ2v) is 7.39. The average molecular weight is 380 g/mol. The van der Waals surface area contributed by atoms with Crippen molar-refractivity contribution in [2.75, 3.05) is 0 Å². The molecule has 6 nitrogen and oxygen atoms in total. The summed E-state index contributed by atoms with van der Waals surface area (Å²) in [5.74, 6) is 0.251. The molecule has 146 valence electrons. The number of rotatable bonds is 5. The van der Waals surface area contributed by atoms with E-state index in [1.807, 2.05) is 45.0 Å². The number of phenolic OH excluding ortho intramolecular Hbond substituents is 1. The molecule has 28 heavy (non-hydrogen) atoms. The average Bonchev–Trinajstić information content (AvgIpc) is 2.63. The lowest BCUT2D eigenvalue weighted by atomic mass is 9.95. The lowest BCUT2D eigenvalue weighted by Gasteiger charge is -2.21. The van der Waals surface area contributed by atoms with E-state index in [0.29, 0.717) is 23.0 Å². The van der Waals surface area contributed by atoms with E-state index in [4.69, 9.17) is 5.11 Å². The van der Waals surface area contributed by atoms with Gasteiger partial charge in [-0.25, -0.2) is 4.79 Å². The van der Waals surface area contributed by atoms with Crippen LogP contribution in [0, 0.1) is 12.8 Å². The Hall–Kier alpha value is -3.28. The molecule has 0 fully saturated rings. The number of hydrogen-bond acceptors (Lipinski definition) is 3. The molecule has 3 rings (SSSR count). The first kappa shape index (κ1) is 19.5. The van der Waals surface area contributed by atoms with Gasteiger partial charge in [-0.2, -0.15) is 0 Å². The van der Waals surface area contributed by atoms with Crippen LogP contribution in [0.25, 0.3) is 21.9 Å². The van der Waals surface area contributed by atoms with Gasteiger partial charge in [0.2, 0.25) is 0 Å². The molecular weight excluding hydrogens is 356 g/mol. The van der Waals surface area contributed by atoms with Crippen molar-refractivity contribution >= 4 is 16.9 Å². The minimum Gasteiger partial charge on any atom is -0.508 e. The zero-order valence-electron chi connectivity index (χ0n) is 16.2. The highest BCUT2D eigenvalue weighted by Crippen LogP contribution is 2.33. The molecule has 0 saturated carbocycles. The van der Waals surface area contributed by atoms with Gasteiger partial charge < -0.3 is 20.1 Å². The predicted octanol–water partition coefficient (Wildman–Crippen LogP) is 4.11. The highest BCUT2D eigenvalue weighted by Gasteiger charge is 2.19. The number of aromatic nitrogens is 1. The van der Waals surface area contributed by atoms with Gasteiger partial charge in [0.25, 0.3) is 5.56 Å². The zero-order valence-corrected chi connectivity index (χ0v) is 16.2. The third-order valence-electron chi connectivity index (χ3n) is 4.66. The Kier molecular flexibility index (Phi) is 5.40. The Labute approximate surface area is 163 Å². The normalized spacial score (nSPS) is 11.1. The molecule has 3 aromatic rings. The number of amides is 1. The number of carbonyl (C=O) groups is 1. The number of aromatic hydroxyl groups is 1. The maximum Gasteiger partial charge on any atom is 0.404 e. The first-order chi connectivity index (χ1) is 13.3. The van der Waals surface area contributed by atoms with Crippen molar-refractivity contribution in [2.24, 2.45) is 5.92 Å². The molecule has 0 aliphatic rings. The Balaban J connectivity index is 2.42. The van der Waals surface area contributed by atoms with Crippen LogP contribution in [0.3, 0.4) is 0 Å². The van der Waals surface area contributed by atoms with E-state index in [-0.39, 0.29) is 23.8 Å². The van der Waals surface area contributed by atoms with E-state index in [2.05, 4.69) is 5.32 Å². The lowest BCUT2D eigenvalue weighted by Crippen LogP contribution is -2.31. The SMILES string of the molecule is Cc1ccc(-c2c(CNC(=O)O)n(CC(C)C)c(=O)c3ccc(O)cc23)cc1. The van der Waals surface area contributed by atoms with Gasteiger partial charge in [-0.05, 0) is 36.6 Å². The fourth-order valence-corrected chi connectivity index (χ4v) is 3.43. The van der Waals surface area contributed by atoms with E-state index < -0.39 is 6.09 Å². The second kappa shape index (κ2) is 7.76. The molecule has 6 heteroatoms. The van der Waals surface area contributed by atoms with Gasteiger partial charge in [-0.3, -0.25) is 4.79 Å². The Morgan fingerprint density at radius 1 is 1.11 bits per heavy atom. The standard InChI is InChI=1S/C22H24N2O4/c1-13(2)12-24-19(11-23-22(27)28)20(15-6-4-14(3)5-7-15)18-10-16(25)8-9-17(18)21(24)26/h4-10,13,23,25H,11-12H2,1-3H3,(H,27,28). The van der Waals surface area contributed by atoms with Crippen LogP contribution in [0.4, 0.5) is 4.79 Å². The molecule has 1 heterocycles. The van der Waals surface area contributed by atoms with E-state index >= 15 is 0 Å². The number of benzene rings is 2. The van der Waals surface area contributed by atoms with Crippen molar-refractivity contribution in [1.29, 1.82) is 0 Å². The number of phenols is 1. The number of fused-ring (bicyclic) bond motifs is 1. The van der Waals surface area contributed by atoms with Crippen molar-refractivity contribution < 1.29 is 15.0 Å². The minimum atomic E-state index is -1.16. The van der Waals surface area contributed by atoms with Crippen molar-refractivity contribution in [3.8, 4) is 16.9 Å². The summed E-state index contributed by atoms with van der Waals surface area (Å²) in [6.45, 7) is 6.46. The van der Waals surface area contributed by atoms with E-state index in [0.717, 1.165) is 16.7 Å². The molecule has 0 saturated heterocycles. The Morgan fingerprint density at radius 3 is 2.39 bits per heavy atom. The molecule has 0 unspecified atom stereocenters. The molecule has 1 amide bonds. The van der Waals surface area contributed by atoms with Crippen LogP contribution in [0.5, 0.6) is 5.75 Å². The summed E-state index contributed by atoms with van der Waals surface area (Å²) in [6, 6.07) is 12.5. The van der Waals surface area contributed by atoms with Gasteiger partial charge in [-0.1, -0.05) is 43.7 Å². The van der Waals surface area contributed by atoms with Gasteiger partial charge in [0, 0.05) is 28.6 Å². The molecule has 2 aromatic carbocycles. The molecule has 0 radical (unpaired) electrons. The molecule has 0 aliphatic heterocycles. The lowest BCUT2D eigenvalue weighted by molar-refractivity contribution is 0.193. The summed E-state index contributed by atoms with van der Waals surface area (Å²) in [7, 11) is 0. The van der Waals surface area contributed by atoms with Gasteiger partial charge in [0.1, 0.15) is 5.75 Å². The molecule has 0 atom stereocenters. The quantitative estimate of drug-likeness (QED) is 0.621. The monoisotopic (exact) mass is 380 g/mol. The summed E-state index contributed by atoms with van der Waals surface area (Å²) in [5.41, 5.74) is 3.10. The van der Waals surface area contributed by atoms with Crippen molar-refractivity contribution in [3.05, 3.63) is 64.1 Å². The largest absolute Gasteiger partial charge is 0.508 e. The van der Waals surface area contributed by atoms with Crippen molar-refractivity contribution in [2.45, 2.75) is 33.9 Å². The highest BCUT2D eigenvalue weighted by atomic mass is 16.4. The number of pyridine rings is 1. The van der Waals surface area contributed by atoms with Gasteiger partial charge in [0.15, 0.2) is 0 Å². The van der Waals surface area contributed by atoms with Crippen molar-refractivity contribution in [1.82, 2.24) is 9.88 Å². The third kappa shape index (κ3) is 3.86. The minimum absolute atomic E-state index is 0.00784. The first-order valence-electron chi connectivity index (χ1n) is 9.20. The Morgan fingerprint density at radius 2 is 1.79 bits per heavy atom. The van der Waals surface area contributed by atoms with E-state index in [1.165, 1.54) is 6.07 Å². The maximum atomic E-state index is 13.2. The molecule has 0 aliphatic carbocycles. The number of aryl methyl sites for hydroxylation is 1. The smallest absolute Gasteiger partial charge is 0.404 e. The number of carboxylic acid groups (broad SMARTS) is 1. The topological polar surface area (TPSA) is 91.6 Å². The van der Waals surface area contributed by atoms with Gasteiger partial charge in [0.05, 0.1) is 6.54 Å². The summed E-state index contributed by atoms with van der Waals surface area (Å²) in [5, 5.41) is 22.7. The number of nitrogens with one attached hydrogen (secondary N) is 1. The summed E-state index contributed by atoms with van der Waals surface area (Å²) < 4.78 is 1.65. The van der Waals surface area contributed by atoms with Gasteiger partial charge >= 0.3 is 6.09 Å². The zero-order chi connectivity index (χ0) is 20.4. The van der Waals surface area contributed by atoms with Crippen LogP contribution in [-0.2, 0) is 13.1 Å².